The smallest absolute Gasteiger partial charge is 0.0467 e. The van der Waals surface area contributed by atoms with Gasteiger partial charge in [-0.2, -0.15) is 0 Å². The van der Waals surface area contributed by atoms with Gasteiger partial charge in [-0.05, 0) is 6.42 Å². The Morgan fingerprint density at radius 3 is 0.895 bits per heavy atom. The van der Waals surface area contributed by atoms with E-state index in [1.54, 1.807) is 6.92 Å². The van der Waals surface area contributed by atoms with Crippen LogP contribution in [-0.4, -0.2) is 157 Å². The molecule has 0 rings (SSSR count). The molecule has 0 amide bonds. The third-order valence-corrected chi connectivity index (χ3v) is 1.65. The first-order valence-electron chi connectivity index (χ1n) is 6.33. The van der Waals surface area contributed by atoms with Gasteiger partial charge in [-0.15, -0.1) is 0 Å². The Kier molecular flexibility index (Phi) is 91.1. The third kappa shape index (κ3) is 392. The number of carboxylic acids is 1. The summed E-state index contributed by atoms with van der Waals surface area (Å²) in [5.74, 6) is -1.15. The predicted octanol–water partition coefficient (Wildman–Crippen LogP) is -9.72. The third-order valence-electron chi connectivity index (χ3n) is 0.921. The van der Waals surface area contributed by atoms with Gasteiger partial charge in [0.15, 0.2) is 0 Å². The minimum absolute atomic E-state index is 0. The van der Waals surface area contributed by atoms with Crippen LogP contribution in [0.25, 0.3) is 0 Å². The summed E-state index contributed by atoms with van der Waals surface area (Å²) in [6, 6.07) is 0. The molecule has 0 saturated carbocycles. The molecular formula is C10H26Ca2Na2O20S4-2. The normalized spacial score (nSPS) is 9.92. The molecule has 0 aliphatic heterocycles. The van der Waals surface area contributed by atoms with E-state index < -0.39 is 41.6 Å². The van der Waals surface area contributed by atoms with Gasteiger partial charge in [0.2, 0.25) is 0 Å². The van der Waals surface area contributed by atoms with Crippen LogP contribution < -0.4 is 64.2 Å². The SMILES string of the molecule is C.C.CCC(=O)OC.CCC(=O)[O-].O=S(=O)([O-])[O-].O=S(=O)([O-])[O-].O=S(=O)([O-])[O-].O=[S](O)(=[Ca])OO.[CH3+].[Ca+2].[Na+].[Na+]. The van der Waals surface area contributed by atoms with E-state index in [-0.39, 0.29) is 165 Å². The van der Waals surface area contributed by atoms with Gasteiger partial charge in [-0.1, -0.05) is 28.7 Å². The summed E-state index contributed by atoms with van der Waals surface area (Å²) in [4.78, 5) is 19.2. The zero-order chi connectivity index (χ0) is 28.0. The van der Waals surface area contributed by atoms with Crippen LogP contribution in [0.5, 0.6) is 0 Å². The first-order valence-corrected chi connectivity index (χ1v) is 14.6. The first-order chi connectivity index (χ1) is 13.6. The molecule has 0 aromatic carbocycles. The van der Waals surface area contributed by atoms with Gasteiger partial charge in [0.05, 0.1) is 7.11 Å². The average molecular weight is 721 g/mol. The molecule has 38 heavy (non-hydrogen) atoms. The Morgan fingerprint density at radius 1 is 0.763 bits per heavy atom. The molecule has 0 bridgehead atoms. The van der Waals surface area contributed by atoms with Crippen molar-refractivity contribution in [1.29, 1.82) is 0 Å². The molecule has 0 heterocycles. The molecule has 0 aliphatic rings. The van der Waals surface area contributed by atoms with Gasteiger partial charge in [-0.25, -0.2) is 0 Å². The molecular weight excluding hydrogens is 694 g/mol. The van der Waals surface area contributed by atoms with Gasteiger partial charge in [-0.3, -0.25) is 30.0 Å². The van der Waals surface area contributed by atoms with E-state index in [9.17, 15) is 18.9 Å². The van der Waals surface area contributed by atoms with E-state index in [1.165, 1.54) is 14.0 Å². The van der Waals surface area contributed by atoms with Crippen molar-refractivity contribution >= 4 is 119 Å². The molecule has 2 N–H and O–H groups in total. The summed E-state index contributed by atoms with van der Waals surface area (Å²) >= 11 is 0.0312. The second-order valence-electron chi connectivity index (χ2n) is 3.54. The number of methoxy groups -OCH3 is 1. The molecule has 20 nitrogen and oxygen atoms in total. The maximum Gasteiger partial charge on any atom is 2.00 e. The van der Waals surface area contributed by atoms with Crippen LogP contribution in [0.15, 0.2) is 0 Å². The predicted molar refractivity (Wildman–Crippen MR) is 115 cm³/mol. The fourth-order valence-corrected chi connectivity index (χ4v) is 0.144. The van der Waals surface area contributed by atoms with Crippen molar-refractivity contribution in [2.24, 2.45) is 0 Å². The van der Waals surface area contributed by atoms with Crippen molar-refractivity contribution in [3.05, 3.63) is 7.43 Å². The summed E-state index contributed by atoms with van der Waals surface area (Å²) in [6.45, 7) is 3.29. The zero-order valence-corrected chi connectivity index (χ0v) is 31.4. The molecule has 0 aromatic heterocycles. The number of hydrogen-bond acceptors (Lipinski definition) is 19. The van der Waals surface area contributed by atoms with Crippen molar-refractivity contribution < 1.29 is 149 Å². The summed E-state index contributed by atoms with van der Waals surface area (Å²) in [5, 5.41) is 16.7. The van der Waals surface area contributed by atoms with E-state index in [4.69, 9.17) is 62.4 Å². The van der Waals surface area contributed by atoms with E-state index in [1.807, 2.05) is 0 Å². The molecule has 28 heteroatoms. The molecule has 0 fully saturated rings. The second kappa shape index (κ2) is 44.4. The van der Waals surface area contributed by atoms with Crippen LogP contribution in [0.1, 0.15) is 41.5 Å². The van der Waals surface area contributed by atoms with Crippen molar-refractivity contribution in [3.63, 3.8) is 0 Å². The molecule has 0 radical (unpaired) electrons. The monoisotopic (exact) mass is 720 g/mol. The number of carboxylic acid groups (broad SMARTS) is 1. The van der Waals surface area contributed by atoms with Crippen LogP contribution in [-0.2, 0) is 54.3 Å². The topological polar surface area (TPSA) is 374 Å². The minimum atomic E-state index is -5.17. The molecule has 1 unspecified atom stereocenters. The second-order valence-corrected chi connectivity index (χ2v) is 10.7. The van der Waals surface area contributed by atoms with Crippen molar-refractivity contribution in [1.82, 2.24) is 0 Å². The maximum absolute atomic E-state index is 9.96. The Morgan fingerprint density at radius 2 is 0.895 bits per heavy atom. The van der Waals surface area contributed by atoms with E-state index in [0.717, 1.165) is 0 Å². The van der Waals surface area contributed by atoms with E-state index >= 15 is 0 Å². The fraction of sp³-hybridized carbons (Fsp3) is 0.700. The number of carbonyl (C=O) groups is 2. The number of hydrogen-bond donors (Lipinski definition) is 2. The van der Waals surface area contributed by atoms with Gasteiger partial charge in [0.25, 0.3) is 0 Å². The van der Waals surface area contributed by atoms with Crippen LogP contribution in [0.3, 0.4) is 0 Å². The van der Waals surface area contributed by atoms with Crippen molar-refractivity contribution in [3.8, 4) is 0 Å². The largest absolute Gasteiger partial charge is 2.00 e. The Bertz CT molecular complexity index is 804. The van der Waals surface area contributed by atoms with Crippen LogP contribution in [0.4, 0.5) is 0 Å². The van der Waals surface area contributed by atoms with Gasteiger partial charge >= 0.3 is 159 Å². The number of rotatable bonds is 3. The quantitative estimate of drug-likeness (QED) is 0.0519. The minimum Gasteiger partial charge on any atom is 0.0467 e. The maximum atomic E-state index is 9.96. The molecule has 0 aromatic rings. The van der Waals surface area contributed by atoms with Crippen LogP contribution in [0.2, 0.25) is 0 Å². The number of carbonyl (C=O) groups excluding carboxylic acids is 2. The Labute approximate surface area is 318 Å². The number of aliphatic carboxylic acids is 1. The van der Waals surface area contributed by atoms with Crippen molar-refractivity contribution in [2.45, 2.75) is 41.5 Å². The van der Waals surface area contributed by atoms with Crippen LogP contribution >= 0.6 is 0 Å². The van der Waals surface area contributed by atoms with Crippen molar-refractivity contribution in [2.75, 3.05) is 7.11 Å². The van der Waals surface area contributed by atoms with E-state index in [2.05, 4.69) is 9.07 Å². The number of ether oxygens (including phenoxy) is 1. The standard InChI is InChI=1S/C4H8O2.C3H6O2.2CH4.CH3.2Ca.2Na.4H2O4S/c1-3-4(5)6-2;1-2-3(4)5;;;;;;;;3*1-5(2,3)4;1-4-5(2)3/h3H2,1-2H3;2H2,1H3,(H,4,5);2*1H4;1H3;;;;;3*(H2,1,2,3,4);1H,(H,2,3)/q;;;;+1;;+2;2*+1;;;;/p-7. The summed E-state index contributed by atoms with van der Waals surface area (Å²) in [7, 11) is -14.1. The van der Waals surface area contributed by atoms with Gasteiger partial charge in [0, 0.05) is 51.0 Å². The first kappa shape index (κ1) is 78.0. The zero-order valence-electron chi connectivity index (χ0n) is 19.7. The number of esters is 1. The molecule has 0 spiro atoms. The summed E-state index contributed by atoms with van der Waals surface area (Å²) < 4.78 is 124. The summed E-state index contributed by atoms with van der Waals surface area (Å²) in [6.07, 6.45) is 0.580. The van der Waals surface area contributed by atoms with Gasteiger partial charge in [0.1, 0.15) is 0 Å². The van der Waals surface area contributed by atoms with Crippen LogP contribution in [0, 0.1) is 7.43 Å². The molecule has 0 aliphatic carbocycles. The summed E-state index contributed by atoms with van der Waals surface area (Å²) in [5.41, 5.74) is 0. The van der Waals surface area contributed by atoms with E-state index in [0.29, 0.717) is 6.42 Å². The molecule has 218 valence electrons. The Hall–Kier alpha value is 2.97. The van der Waals surface area contributed by atoms with Gasteiger partial charge < -0.3 is 42.0 Å². The fourth-order valence-electron chi connectivity index (χ4n) is 0.144. The molecule has 0 saturated heterocycles. The average Bonchev–Trinajstić information content (AvgIpc) is 2.49. The molecule has 1 atom stereocenters. The Balaban J connectivity index is -0.0000000207.